The van der Waals surface area contributed by atoms with Crippen LogP contribution >= 0.6 is 23.2 Å². The van der Waals surface area contributed by atoms with Crippen molar-refractivity contribution in [2.45, 2.75) is 5.92 Å². The van der Waals surface area contributed by atoms with Crippen LogP contribution in [0.2, 0.25) is 10.0 Å². The molecule has 5 heteroatoms. The molecular formula is C17H15Cl2N3. The zero-order valence-corrected chi connectivity index (χ0v) is 13.3. The molecule has 0 saturated carbocycles. The number of aromatic nitrogens is 2. The summed E-state index contributed by atoms with van der Waals surface area (Å²) >= 11 is 12.1. The third-order valence-electron chi connectivity index (χ3n) is 3.62. The van der Waals surface area contributed by atoms with Gasteiger partial charge in [-0.15, -0.1) is 0 Å². The molecule has 1 atom stereocenters. The smallest absolute Gasteiger partial charge is 0.0923 e. The highest BCUT2D eigenvalue weighted by Gasteiger charge is 2.17. The maximum absolute atomic E-state index is 6.10. The fourth-order valence-electron chi connectivity index (χ4n) is 2.44. The Hall–Kier alpha value is -1.81. The van der Waals surface area contributed by atoms with Gasteiger partial charge in [0.05, 0.1) is 15.7 Å². The lowest BCUT2D eigenvalue weighted by Crippen LogP contribution is -2.14. The molecule has 0 radical (unpaired) electrons. The third-order valence-corrected chi connectivity index (χ3v) is 4.36. The van der Waals surface area contributed by atoms with Crippen LogP contribution in [0.4, 0.5) is 0 Å². The van der Waals surface area contributed by atoms with Crippen LogP contribution in [0.3, 0.4) is 0 Å². The molecule has 3 nitrogen and oxygen atoms in total. The Labute approximate surface area is 139 Å². The van der Waals surface area contributed by atoms with E-state index in [2.05, 4.69) is 10.2 Å². The van der Waals surface area contributed by atoms with Crippen LogP contribution in [-0.4, -0.2) is 16.7 Å². The third kappa shape index (κ3) is 3.02. The molecule has 0 fully saturated rings. The first kappa shape index (κ1) is 15.1. The first-order valence-electron chi connectivity index (χ1n) is 6.95. The van der Waals surface area contributed by atoms with Crippen LogP contribution in [0, 0.1) is 0 Å². The van der Waals surface area contributed by atoms with E-state index >= 15 is 0 Å². The van der Waals surface area contributed by atoms with E-state index in [0.29, 0.717) is 16.6 Å². The number of nitrogens with zero attached hydrogens (tertiary/aromatic N) is 1. The minimum absolute atomic E-state index is 0.000251. The summed E-state index contributed by atoms with van der Waals surface area (Å²) in [5, 5.41) is 8.53. The van der Waals surface area contributed by atoms with Crippen LogP contribution in [0.15, 0.2) is 54.6 Å². The maximum atomic E-state index is 6.10. The van der Waals surface area contributed by atoms with Gasteiger partial charge in [-0.1, -0.05) is 59.6 Å². The Kier molecular flexibility index (Phi) is 4.48. The van der Waals surface area contributed by atoms with Crippen molar-refractivity contribution < 1.29 is 0 Å². The van der Waals surface area contributed by atoms with Gasteiger partial charge in [0.25, 0.3) is 0 Å². The summed E-state index contributed by atoms with van der Waals surface area (Å²) < 4.78 is 0. The molecule has 0 saturated heterocycles. The molecule has 0 aliphatic rings. The van der Waals surface area contributed by atoms with E-state index in [4.69, 9.17) is 28.9 Å². The van der Waals surface area contributed by atoms with Gasteiger partial charge < -0.3 is 5.73 Å². The van der Waals surface area contributed by atoms with Gasteiger partial charge >= 0.3 is 0 Å². The number of halogens is 2. The standard InChI is InChI=1S/C17H15Cl2N3/c18-14-7-6-12(8-15(14)19)13(10-20)17-9-16(21-22-17)11-4-2-1-3-5-11/h1-9,13H,10,20H2,(H,21,22). The van der Waals surface area contributed by atoms with Gasteiger partial charge in [-0.3, -0.25) is 5.10 Å². The second kappa shape index (κ2) is 6.53. The molecule has 1 unspecified atom stereocenters. The number of aromatic amines is 1. The van der Waals surface area contributed by atoms with Gasteiger partial charge in [0, 0.05) is 23.7 Å². The lowest BCUT2D eigenvalue weighted by molar-refractivity contribution is 0.779. The van der Waals surface area contributed by atoms with Crippen LogP contribution in [0.1, 0.15) is 17.2 Å². The summed E-state index contributed by atoms with van der Waals surface area (Å²) in [5.74, 6) is -0.000251. The summed E-state index contributed by atoms with van der Waals surface area (Å²) in [7, 11) is 0. The van der Waals surface area contributed by atoms with Gasteiger partial charge in [0.2, 0.25) is 0 Å². The molecule has 3 N–H and O–H groups in total. The molecule has 3 aromatic rings. The normalized spacial score (nSPS) is 12.3. The highest BCUT2D eigenvalue weighted by atomic mass is 35.5. The van der Waals surface area contributed by atoms with Gasteiger partial charge in [-0.25, -0.2) is 0 Å². The second-order valence-corrected chi connectivity index (χ2v) is 5.85. The van der Waals surface area contributed by atoms with E-state index in [-0.39, 0.29) is 5.92 Å². The average molecular weight is 332 g/mol. The van der Waals surface area contributed by atoms with E-state index in [1.807, 2.05) is 48.5 Å². The number of nitrogens with two attached hydrogens (primary N) is 1. The Morgan fingerprint density at radius 3 is 2.45 bits per heavy atom. The highest BCUT2D eigenvalue weighted by Crippen LogP contribution is 2.30. The predicted octanol–water partition coefficient (Wildman–Crippen LogP) is 4.47. The van der Waals surface area contributed by atoms with Crippen molar-refractivity contribution in [2.75, 3.05) is 6.54 Å². The van der Waals surface area contributed by atoms with Crippen LogP contribution in [0.25, 0.3) is 11.3 Å². The maximum Gasteiger partial charge on any atom is 0.0923 e. The molecule has 0 spiro atoms. The Bertz CT molecular complexity index is 769. The zero-order valence-electron chi connectivity index (χ0n) is 11.8. The van der Waals surface area contributed by atoms with Crippen molar-refractivity contribution in [3.8, 4) is 11.3 Å². The lowest BCUT2D eigenvalue weighted by atomic mass is 9.95. The van der Waals surface area contributed by atoms with Gasteiger partial charge in [0.1, 0.15) is 0 Å². The molecule has 3 rings (SSSR count). The molecule has 1 heterocycles. The number of benzene rings is 2. The number of nitrogens with one attached hydrogen (secondary N) is 1. The lowest BCUT2D eigenvalue weighted by Gasteiger charge is -2.14. The monoisotopic (exact) mass is 331 g/mol. The molecule has 0 bridgehead atoms. The number of H-pyrrole nitrogens is 1. The van der Waals surface area contributed by atoms with Crippen molar-refractivity contribution >= 4 is 23.2 Å². The summed E-state index contributed by atoms with van der Waals surface area (Å²) in [4.78, 5) is 0. The topological polar surface area (TPSA) is 54.7 Å². The summed E-state index contributed by atoms with van der Waals surface area (Å²) in [5.41, 5.74) is 9.88. The number of rotatable bonds is 4. The molecule has 1 aromatic heterocycles. The number of hydrogen-bond acceptors (Lipinski definition) is 2. The molecule has 2 aromatic carbocycles. The quantitative estimate of drug-likeness (QED) is 0.740. The van der Waals surface area contributed by atoms with Gasteiger partial charge in [-0.2, -0.15) is 5.10 Å². The summed E-state index contributed by atoms with van der Waals surface area (Å²) in [6.07, 6.45) is 0. The molecule has 0 aliphatic carbocycles. The highest BCUT2D eigenvalue weighted by molar-refractivity contribution is 6.42. The summed E-state index contributed by atoms with van der Waals surface area (Å²) in [6, 6.07) is 17.6. The van der Waals surface area contributed by atoms with E-state index in [0.717, 1.165) is 22.5 Å². The zero-order chi connectivity index (χ0) is 15.5. The van der Waals surface area contributed by atoms with E-state index in [1.165, 1.54) is 0 Å². The van der Waals surface area contributed by atoms with Crippen molar-refractivity contribution in [3.63, 3.8) is 0 Å². The second-order valence-electron chi connectivity index (χ2n) is 5.04. The molecule has 0 aliphatic heterocycles. The van der Waals surface area contributed by atoms with Crippen molar-refractivity contribution in [1.82, 2.24) is 10.2 Å². The van der Waals surface area contributed by atoms with Crippen LogP contribution in [0.5, 0.6) is 0 Å². The van der Waals surface area contributed by atoms with E-state index < -0.39 is 0 Å². The fourth-order valence-corrected chi connectivity index (χ4v) is 2.75. The molecular weight excluding hydrogens is 317 g/mol. The first-order chi connectivity index (χ1) is 10.7. The first-order valence-corrected chi connectivity index (χ1v) is 7.70. The van der Waals surface area contributed by atoms with Crippen molar-refractivity contribution in [3.05, 3.63) is 75.9 Å². The fraction of sp³-hybridized carbons (Fsp3) is 0.118. The van der Waals surface area contributed by atoms with Gasteiger partial charge in [0.15, 0.2) is 0 Å². The molecule has 0 amide bonds. The SMILES string of the molecule is NCC(c1ccc(Cl)c(Cl)c1)c1cc(-c2ccccc2)n[nH]1. The van der Waals surface area contributed by atoms with E-state index in [9.17, 15) is 0 Å². The minimum Gasteiger partial charge on any atom is -0.329 e. The average Bonchev–Trinajstić information content (AvgIpc) is 3.02. The minimum atomic E-state index is -0.000251. The van der Waals surface area contributed by atoms with Crippen LogP contribution in [-0.2, 0) is 0 Å². The molecule has 112 valence electrons. The van der Waals surface area contributed by atoms with Crippen molar-refractivity contribution in [1.29, 1.82) is 0 Å². The Morgan fingerprint density at radius 1 is 1.00 bits per heavy atom. The summed E-state index contributed by atoms with van der Waals surface area (Å²) in [6.45, 7) is 0.453. The Balaban J connectivity index is 1.94. The largest absolute Gasteiger partial charge is 0.329 e. The van der Waals surface area contributed by atoms with Gasteiger partial charge in [-0.05, 0) is 23.8 Å². The van der Waals surface area contributed by atoms with Crippen LogP contribution < -0.4 is 5.73 Å². The predicted molar refractivity (Wildman–Crippen MR) is 91.4 cm³/mol. The van der Waals surface area contributed by atoms with E-state index in [1.54, 1.807) is 6.07 Å². The Morgan fingerprint density at radius 2 is 1.77 bits per heavy atom. The van der Waals surface area contributed by atoms with Crippen molar-refractivity contribution in [2.24, 2.45) is 5.73 Å². The molecule has 22 heavy (non-hydrogen) atoms. The number of hydrogen-bond donors (Lipinski definition) is 2.